The van der Waals surface area contributed by atoms with E-state index in [9.17, 15) is 20.4 Å². The lowest BCUT2D eigenvalue weighted by molar-refractivity contribution is -0.363. The minimum absolute atomic E-state index is 0.00105. The van der Waals surface area contributed by atoms with Crippen LogP contribution in [0.3, 0.4) is 0 Å². The number of halogens is 6. The van der Waals surface area contributed by atoms with Crippen LogP contribution in [0.2, 0.25) is 0 Å². The Hall–Kier alpha value is -2.56. The first-order chi connectivity index (χ1) is 18.6. The Balaban J connectivity index is 1.72. The van der Waals surface area contributed by atoms with Crippen LogP contribution in [-0.2, 0) is 4.74 Å². The maximum Gasteiger partial charge on any atom is 0.737 e. The van der Waals surface area contributed by atoms with E-state index in [2.05, 4.69) is 0 Å². The van der Waals surface area contributed by atoms with Gasteiger partial charge in [-0.25, -0.2) is 17.6 Å². The molecule has 0 saturated carbocycles. The number of aliphatic hydroxyl groups excluding tert-OH is 4. The molecule has 1 unspecified atom stereocenters. The lowest BCUT2D eigenvalue weighted by Crippen LogP contribution is -2.57. The molecule has 1 fully saturated rings. The highest BCUT2D eigenvalue weighted by Crippen LogP contribution is 2.47. The zero-order chi connectivity index (χ0) is 29.6. The smallest absolute Gasteiger partial charge is 0.394 e. The molecule has 1 aromatic carbocycles. The molecule has 0 spiro atoms. The molecular formula is C25H25BF6N2O5S. The molecule has 2 aromatic rings. The number of hydrogen-bond donors (Lipinski definition) is 4. The number of rotatable bonds is 4. The molecule has 15 heteroatoms. The molecule has 216 valence electrons. The molecule has 4 N–H and O–H groups in total. The largest absolute Gasteiger partial charge is 0.737 e. The summed E-state index contributed by atoms with van der Waals surface area (Å²) in [7, 11) is 0. The Morgan fingerprint density at radius 2 is 1.55 bits per heavy atom. The third-order valence-corrected chi connectivity index (χ3v) is 8.71. The van der Waals surface area contributed by atoms with Crippen molar-refractivity contribution in [3.8, 4) is 0 Å². The summed E-state index contributed by atoms with van der Waals surface area (Å²) in [6.45, 7) is 0.295. The van der Waals surface area contributed by atoms with Crippen molar-refractivity contribution in [1.82, 2.24) is 4.48 Å². The Labute approximate surface area is 228 Å². The average molecular weight is 590 g/mol. The number of benzene rings is 1. The molecule has 0 radical (unpaired) electrons. The average Bonchev–Trinajstić information content (AvgIpc) is 3.37. The second-order valence-electron chi connectivity index (χ2n) is 10.1. The maximum absolute atomic E-state index is 15.8. The van der Waals surface area contributed by atoms with Gasteiger partial charge in [-0.1, -0.05) is 11.8 Å². The van der Waals surface area contributed by atoms with E-state index in [1.807, 2.05) is 0 Å². The minimum atomic E-state index is -4.52. The number of nitrogens with zero attached hydrogens (tertiary/aromatic N) is 2. The van der Waals surface area contributed by atoms with Crippen LogP contribution in [0.25, 0.3) is 5.57 Å². The number of fused-ring (bicyclic) bond motifs is 2. The molecule has 3 aliphatic heterocycles. The van der Waals surface area contributed by atoms with Crippen LogP contribution in [0.15, 0.2) is 28.3 Å². The maximum atomic E-state index is 15.8. The van der Waals surface area contributed by atoms with Crippen molar-refractivity contribution in [2.24, 2.45) is 0 Å². The fourth-order valence-electron chi connectivity index (χ4n) is 5.75. The van der Waals surface area contributed by atoms with Gasteiger partial charge in [0.05, 0.1) is 22.6 Å². The van der Waals surface area contributed by atoms with Crippen LogP contribution in [0.1, 0.15) is 36.4 Å². The number of aliphatic hydroxyl groups is 4. The van der Waals surface area contributed by atoms with E-state index in [-0.39, 0.29) is 45.7 Å². The number of aryl methyl sites for hydroxylation is 2. The summed E-state index contributed by atoms with van der Waals surface area (Å²) < 4.78 is 101. The zero-order valence-electron chi connectivity index (χ0n) is 21.6. The normalized spacial score (nSPS) is 27.8. The topological polar surface area (TPSA) is 98.1 Å². The summed E-state index contributed by atoms with van der Waals surface area (Å²) >= 11 is -0.00105. The van der Waals surface area contributed by atoms with Gasteiger partial charge in [-0.3, -0.25) is 0 Å². The summed E-state index contributed by atoms with van der Waals surface area (Å²) in [5, 5.41) is 39.5. The van der Waals surface area contributed by atoms with E-state index >= 15 is 26.2 Å². The SMILES string of the molecule is CC1=CC(C)=[N+]2C1=C(c1c(F)c(F)c(S[C@H]3O[C@@H](CO)C(O)[C@@H](O)[C@@H]3O)c(F)c1F)c1c(C)cc(C)n1[B-]2(F)F. The van der Waals surface area contributed by atoms with Crippen molar-refractivity contribution in [3.05, 3.63) is 69.2 Å². The molecule has 0 amide bonds. The number of aromatic nitrogens is 1. The standard InChI is InChI=1S/C25H25BF6N2O5S/c1-8-5-10(3)33-19(8)14(20-9(2)6-11(4)34(20)26(33,31)32)13-15(27)17(29)24(18(30)16(13)28)40-25-23(38)22(37)21(36)12(7-35)39-25/h5-6,12,21-23,25,35-38H,7H2,1-4H3/t12-,21?,22+,23-,25+/m0/s1. The monoisotopic (exact) mass is 590 g/mol. The lowest BCUT2D eigenvalue weighted by atomic mass is 9.83. The second-order valence-corrected chi connectivity index (χ2v) is 11.2. The Bertz CT molecular complexity index is 1510. The summed E-state index contributed by atoms with van der Waals surface area (Å²) in [5.74, 6) is -7.50. The van der Waals surface area contributed by atoms with E-state index in [1.54, 1.807) is 0 Å². The Kier molecular flexibility index (Phi) is 7.08. The van der Waals surface area contributed by atoms with Crippen LogP contribution < -0.4 is 0 Å². The van der Waals surface area contributed by atoms with Gasteiger partial charge < -0.3 is 42.8 Å². The predicted octanol–water partition coefficient (Wildman–Crippen LogP) is 2.98. The lowest BCUT2D eigenvalue weighted by Gasteiger charge is -2.39. The third-order valence-electron chi connectivity index (χ3n) is 7.49. The van der Waals surface area contributed by atoms with Crippen molar-refractivity contribution in [2.45, 2.75) is 62.4 Å². The van der Waals surface area contributed by atoms with Gasteiger partial charge in [0.2, 0.25) is 0 Å². The highest BCUT2D eigenvalue weighted by atomic mass is 32.2. The first kappa shape index (κ1) is 29.0. The van der Waals surface area contributed by atoms with Crippen molar-refractivity contribution in [1.29, 1.82) is 0 Å². The van der Waals surface area contributed by atoms with E-state index in [4.69, 9.17) is 4.74 Å². The number of hydrogen-bond acceptors (Lipinski definition) is 6. The van der Waals surface area contributed by atoms with Gasteiger partial charge >= 0.3 is 6.97 Å². The molecule has 40 heavy (non-hydrogen) atoms. The van der Waals surface area contributed by atoms with Crippen LogP contribution >= 0.6 is 11.8 Å². The van der Waals surface area contributed by atoms with Gasteiger partial charge in [-0.05, 0) is 38.1 Å². The van der Waals surface area contributed by atoms with E-state index < -0.39 is 82.7 Å². The first-order valence-corrected chi connectivity index (χ1v) is 13.1. The molecule has 3 aliphatic rings. The number of ether oxygens (including phenoxy) is 1. The molecule has 1 aromatic heterocycles. The van der Waals surface area contributed by atoms with E-state index in [0.717, 1.165) is 0 Å². The zero-order valence-corrected chi connectivity index (χ0v) is 22.4. The highest BCUT2D eigenvalue weighted by Gasteiger charge is 2.56. The van der Waals surface area contributed by atoms with Crippen molar-refractivity contribution in [2.75, 3.05) is 6.61 Å². The number of thioether (sulfide) groups is 1. The van der Waals surface area contributed by atoms with Gasteiger partial charge in [0, 0.05) is 24.3 Å². The van der Waals surface area contributed by atoms with Gasteiger partial charge in [-0.2, -0.15) is 0 Å². The Morgan fingerprint density at radius 3 is 2.12 bits per heavy atom. The molecule has 0 aliphatic carbocycles. The van der Waals surface area contributed by atoms with E-state index in [1.165, 1.54) is 39.8 Å². The number of allylic oxidation sites excluding steroid dienone is 2. The fraction of sp³-hybridized carbons (Fsp3) is 0.400. The first-order valence-electron chi connectivity index (χ1n) is 12.3. The molecule has 0 bridgehead atoms. The summed E-state index contributed by atoms with van der Waals surface area (Å²) in [6.07, 6.45) is -5.67. The summed E-state index contributed by atoms with van der Waals surface area (Å²) in [5.41, 5.74) is -3.41. The molecule has 4 heterocycles. The predicted molar refractivity (Wildman–Crippen MR) is 134 cm³/mol. The van der Waals surface area contributed by atoms with Crippen molar-refractivity contribution >= 4 is 30.0 Å². The van der Waals surface area contributed by atoms with Crippen LogP contribution in [0.4, 0.5) is 26.2 Å². The van der Waals surface area contributed by atoms with Gasteiger partial charge in [-0.15, -0.1) is 0 Å². The third kappa shape index (κ3) is 3.93. The van der Waals surface area contributed by atoms with Crippen LogP contribution in [0, 0.1) is 37.1 Å². The minimum Gasteiger partial charge on any atom is -0.394 e. The van der Waals surface area contributed by atoms with E-state index in [0.29, 0.717) is 8.96 Å². The molecule has 5 rings (SSSR count). The molecule has 5 atom stereocenters. The highest BCUT2D eigenvalue weighted by molar-refractivity contribution is 7.99. The fourth-order valence-corrected chi connectivity index (χ4v) is 6.87. The van der Waals surface area contributed by atoms with Crippen molar-refractivity contribution < 1.29 is 55.8 Å². The van der Waals surface area contributed by atoms with Crippen LogP contribution in [-0.4, -0.2) is 78.5 Å². The van der Waals surface area contributed by atoms with Crippen LogP contribution in [0.5, 0.6) is 0 Å². The quantitative estimate of drug-likeness (QED) is 0.249. The second kappa shape index (κ2) is 9.77. The van der Waals surface area contributed by atoms with Crippen molar-refractivity contribution in [3.63, 3.8) is 0 Å². The van der Waals surface area contributed by atoms with Gasteiger partial charge in [0.1, 0.15) is 35.6 Å². The molecule has 7 nitrogen and oxygen atoms in total. The van der Waals surface area contributed by atoms with Gasteiger partial charge in [0.25, 0.3) is 0 Å². The molecule has 1 saturated heterocycles. The van der Waals surface area contributed by atoms with Gasteiger partial charge in [0.15, 0.2) is 29.0 Å². The molecular weight excluding hydrogens is 565 g/mol. The summed E-state index contributed by atoms with van der Waals surface area (Å²) in [4.78, 5) is -1.25. The Morgan fingerprint density at radius 1 is 0.950 bits per heavy atom. The summed E-state index contributed by atoms with van der Waals surface area (Å²) in [6, 6.07) is 1.38.